The molecule has 0 atom stereocenters. The maximum atomic E-state index is 15.5. The second kappa shape index (κ2) is 24.0. The second-order valence-electron chi connectivity index (χ2n) is 20.9. The second-order valence-corrected chi connectivity index (χ2v) is 21.8. The van der Waals surface area contributed by atoms with Crippen LogP contribution in [0.5, 0.6) is 0 Å². The van der Waals surface area contributed by atoms with Gasteiger partial charge in [-0.3, -0.25) is 4.79 Å². The van der Waals surface area contributed by atoms with E-state index in [-0.39, 0.29) is 11.4 Å². The summed E-state index contributed by atoms with van der Waals surface area (Å²) in [6.07, 6.45) is 4.15. The minimum Gasteiger partial charge on any atom is -0.378 e. The molecule has 14 heteroatoms. The van der Waals surface area contributed by atoms with Crippen LogP contribution in [0.2, 0.25) is 0 Å². The van der Waals surface area contributed by atoms with Crippen LogP contribution in [-0.4, -0.2) is 88.4 Å². The van der Waals surface area contributed by atoms with Crippen LogP contribution in [0, 0.1) is 11.6 Å². The molecule has 0 saturated carbocycles. The van der Waals surface area contributed by atoms with Gasteiger partial charge in [0, 0.05) is 72.6 Å². The predicted octanol–water partition coefficient (Wildman–Crippen LogP) is 14.4. The van der Waals surface area contributed by atoms with Gasteiger partial charge in [-0.1, -0.05) is 182 Å². The standard InChI is InChI=1S/C36H29FN4O2.C35H28BrFN4O/c37-32-24-33-31(22-27(32)25-42)35(26-16-17-38-34(23-26)40-18-20-43-21-19-40)39-41(33)36(28-10-4-1-5-11-28,29-12-6-2-7-13-29)30-14-8-3-9-15-30;36-30-23-29-32(24-31(30)37)41(39-34(29)25-16-17-38-33(22-25)40-18-20-42-21-19-40)35(26-10-4-1-5-11-26,27-12-6-2-7-13-27)28-14-8-3-9-15-28/h1-17,22-25H,18-21H2;1-17,22-24H,18-21H2. The number of benzene rings is 8. The summed E-state index contributed by atoms with van der Waals surface area (Å²) in [6, 6.07) is 75.8. The summed E-state index contributed by atoms with van der Waals surface area (Å²) >= 11 is 3.45. The van der Waals surface area contributed by atoms with E-state index in [1.165, 1.54) is 6.07 Å². The summed E-state index contributed by atoms with van der Waals surface area (Å²) in [5, 5.41) is 12.2. The van der Waals surface area contributed by atoms with Crippen molar-refractivity contribution in [2.45, 2.75) is 11.1 Å². The molecule has 2 fully saturated rings. The lowest BCUT2D eigenvalue weighted by molar-refractivity contribution is 0.111. The third kappa shape index (κ3) is 10.2. The molecule has 0 unspecified atom stereocenters. The van der Waals surface area contributed by atoms with E-state index >= 15 is 8.78 Å². The Morgan fingerprint density at radius 2 is 0.753 bits per heavy atom. The number of fused-ring (bicyclic) bond motifs is 2. The number of ether oxygens (including phenoxy) is 2. The molecule has 8 aromatic carbocycles. The van der Waals surface area contributed by atoms with Gasteiger partial charge in [-0.25, -0.2) is 28.1 Å². The van der Waals surface area contributed by atoms with Crippen LogP contribution in [0.4, 0.5) is 20.4 Å². The van der Waals surface area contributed by atoms with Crippen molar-refractivity contribution in [1.29, 1.82) is 0 Å². The quantitative estimate of drug-likeness (QED) is 0.0825. The third-order valence-corrected chi connectivity index (χ3v) is 16.7. The first-order chi connectivity index (χ1) is 41.9. The van der Waals surface area contributed by atoms with Crippen molar-refractivity contribution in [3.8, 4) is 22.5 Å². The number of pyridine rings is 2. The molecule has 0 aliphatic carbocycles. The van der Waals surface area contributed by atoms with Crippen molar-refractivity contribution in [2.24, 2.45) is 0 Å². The molecule has 0 spiro atoms. The molecule has 14 rings (SSSR count). The normalized spacial score (nSPS) is 13.8. The van der Waals surface area contributed by atoms with Crippen LogP contribution in [0.1, 0.15) is 43.7 Å². The first-order valence-corrected chi connectivity index (χ1v) is 29.1. The van der Waals surface area contributed by atoms with E-state index in [0.717, 1.165) is 93.4 Å². The van der Waals surface area contributed by atoms with Crippen LogP contribution in [0.3, 0.4) is 0 Å². The van der Waals surface area contributed by atoms with Crippen LogP contribution in [-0.2, 0) is 20.6 Å². The number of morpholine rings is 2. The number of carbonyl (C=O) groups excluding carboxylic acids is 1. The molecule has 4 aromatic heterocycles. The SMILES string of the molecule is Fc1cc2c(cc1Br)c(-c1ccnc(N3CCOCC3)c1)nn2C(c1ccccc1)(c1ccccc1)c1ccccc1.O=Cc1cc2c(-c3ccnc(N4CCOCC4)c3)nn(C(c3ccccc3)(c3ccccc3)c3ccccc3)c2cc1F. The Balaban J connectivity index is 0.000000158. The molecule has 0 amide bonds. The summed E-state index contributed by atoms with van der Waals surface area (Å²) in [5.41, 5.74) is 8.48. The van der Waals surface area contributed by atoms with E-state index in [0.29, 0.717) is 59.3 Å². The van der Waals surface area contributed by atoms with Gasteiger partial charge in [-0.15, -0.1) is 0 Å². The van der Waals surface area contributed by atoms with Crippen molar-refractivity contribution in [3.63, 3.8) is 0 Å². The first-order valence-electron chi connectivity index (χ1n) is 28.3. The Bertz CT molecular complexity index is 4090. The van der Waals surface area contributed by atoms with Crippen molar-refractivity contribution in [2.75, 3.05) is 62.4 Å². The topological polar surface area (TPSA) is 103 Å². The fourth-order valence-corrected chi connectivity index (χ4v) is 12.5. The average Bonchev–Trinajstić information content (AvgIpc) is 1.89. The maximum Gasteiger partial charge on any atom is 0.153 e. The van der Waals surface area contributed by atoms with Gasteiger partial charge in [0.05, 0.1) is 47.5 Å². The van der Waals surface area contributed by atoms with Crippen molar-refractivity contribution in [3.05, 3.63) is 298 Å². The first kappa shape index (κ1) is 54.8. The van der Waals surface area contributed by atoms with E-state index < -0.39 is 16.9 Å². The van der Waals surface area contributed by atoms with E-state index in [1.807, 2.05) is 149 Å². The Labute approximate surface area is 499 Å². The Morgan fingerprint density at radius 3 is 1.09 bits per heavy atom. The van der Waals surface area contributed by atoms with Crippen LogP contribution in [0.15, 0.2) is 247 Å². The molecule has 0 radical (unpaired) electrons. The van der Waals surface area contributed by atoms with E-state index in [2.05, 4.69) is 115 Å². The molecule has 6 heterocycles. The van der Waals surface area contributed by atoms with Gasteiger partial charge in [-0.05, 0) is 85.7 Å². The number of carbonyl (C=O) groups is 1. The number of nitrogens with zero attached hydrogens (tertiary/aromatic N) is 8. The minimum atomic E-state index is -0.963. The molecule has 85 heavy (non-hydrogen) atoms. The van der Waals surface area contributed by atoms with Crippen molar-refractivity contribution < 1.29 is 23.0 Å². The highest BCUT2D eigenvalue weighted by molar-refractivity contribution is 9.10. The van der Waals surface area contributed by atoms with Crippen LogP contribution >= 0.6 is 15.9 Å². The molecule has 420 valence electrons. The Kier molecular flexibility index (Phi) is 15.5. The lowest BCUT2D eigenvalue weighted by atomic mass is 9.77. The molecular weight excluding hydrogens is 1130 g/mol. The molecule has 2 saturated heterocycles. The third-order valence-electron chi connectivity index (χ3n) is 16.1. The Morgan fingerprint density at radius 1 is 0.424 bits per heavy atom. The Hall–Kier alpha value is -9.47. The van der Waals surface area contributed by atoms with Gasteiger partial charge in [-0.2, -0.15) is 10.2 Å². The number of aldehydes is 1. The molecular formula is C71H57BrF2N8O3. The van der Waals surface area contributed by atoms with Crippen molar-refractivity contribution >= 4 is 55.7 Å². The van der Waals surface area contributed by atoms with Gasteiger partial charge in [0.25, 0.3) is 0 Å². The van der Waals surface area contributed by atoms with Gasteiger partial charge in [0.1, 0.15) is 45.7 Å². The van der Waals surface area contributed by atoms with Gasteiger partial charge >= 0.3 is 0 Å². The smallest absolute Gasteiger partial charge is 0.153 e. The predicted molar refractivity (Wildman–Crippen MR) is 334 cm³/mol. The fourth-order valence-electron chi connectivity index (χ4n) is 12.2. The summed E-state index contributed by atoms with van der Waals surface area (Å²) in [6.45, 7) is 5.66. The zero-order valence-corrected chi connectivity index (χ0v) is 47.9. The van der Waals surface area contributed by atoms with Gasteiger partial charge < -0.3 is 19.3 Å². The fraction of sp³-hybridized carbons (Fsp3) is 0.141. The van der Waals surface area contributed by atoms with Crippen LogP contribution < -0.4 is 9.80 Å². The summed E-state index contributed by atoms with van der Waals surface area (Å²) in [7, 11) is 0. The number of hydrogen-bond donors (Lipinski definition) is 0. The minimum absolute atomic E-state index is 0.0134. The largest absolute Gasteiger partial charge is 0.378 e. The number of halogens is 3. The zero-order valence-electron chi connectivity index (χ0n) is 46.3. The zero-order chi connectivity index (χ0) is 57.7. The average molecular weight is 1190 g/mol. The highest BCUT2D eigenvalue weighted by Crippen LogP contribution is 2.47. The summed E-state index contributed by atoms with van der Waals surface area (Å²) in [4.78, 5) is 25.7. The van der Waals surface area contributed by atoms with E-state index in [9.17, 15) is 4.79 Å². The molecule has 11 nitrogen and oxygen atoms in total. The number of rotatable bonds is 13. The number of aromatic nitrogens is 6. The molecule has 12 aromatic rings. The van der Waals surface area contributed by atoms with Crippen LogP contribution in [0.25, 0.3) is 44.3 Å². The summed E-state index contributed by atoms with van der Waals surface area (Å²) < 4.78 is 46.4. The van der Waals surface area contributed by atoms with Crippen molar-refractivity contribution in [1.82, 2.24) is 29.5 Å². The maximum absolute atomic E-state index is 15.5. The molecule has 2 aliphatic rings. The number of anilines is 2. The molecule has 0 bridgehead atoms. The molecule has 0 N–H and O–H groups in total. The monoisotopic (exact) mass is 1190 g/mol. The summed E-state index contributed by atoms with van der Waals surface area (Å²) in [5.74, 6) is 0.755. The van der Waals surface area contributed by atoms with Gasteiger partial charge in [0.2, 0.25) is 0 Å². The highest BCUT2D eigenvalue weighted by atomic mass is 79.9. The number of hydrogen-bond acceptors (Lipinski definition) is 9. The van der Waals surface area contributed by atoms with E-state index in [4.69, 9.17) is 19.7 Å². The lowest BCUT2D eigenvalue weighted by Crippen LogP contribution is -2.38. The van der Waals surface area contributed by atoms with Gasteiger partial charge in [0.15, 0.2) is 6.29 Å². The van der Waals surface area contributed by atoms with E-state index in [1.54, 1.807) is 18.3 Å². The highest BCUT2D eigenvalue weighted by Gasteiger charge is 2.43. The lowest BCUT2D eigenvalue weighted by Gasteiger charge is -2.37. The molecule has 2 aliphatic heterocycles.